The van der Waals surface area contributed by atoms with Crippen molar-refractivity contribution < 1.29 is 23.8 Å². The SMILES string of the molecule is CCN1C(=O)C(=Cc2ccc(OC)c(OC)c2OC)C(=O)NC1=S. The van der Waals surface area contributed by atoms with Crippen LogP contribution in [0.3, 0.4) is 0 Å². The number of ether oxygens (including phenoxy) is 3. The first-order chi connectivity index (χ1) is 11.5. The molecule has 0 spiro atoms. The first-order valence-corrected chi connectivity index (χ1v) is 7.57. The molecule has 24 heavy (non-hydrogen) atoms. The first-order valence-electron chi connectivity index (χ1n) is 7.16. The van der Waals surface area contributed by atoms with Crippen LogP contribution < -0.4 is 19.5 Å². The second-order valence-electron chi connectivity index (χ2n) is 4.79. The van der Waals surface area contributed by atoms with Crippen molar-refractivity contribution in [3.63, 3.8) is 0 Å². The number of likely N-dealkylation sites (N-methyl/N-ethyl adjacent to an activating group) is 1. The summed E-state index contributed by atoms with van der Waals surface area (Å²) in [5, 5.41) is 2.60. The number of thiocarbonyl (C=S) groups is 1. The Morgan fingerprint density at radius 1 is 1.12 bits per heavy atom. The minimum atomic E-state index is -0.550. The number of amides is 2. The molecule has 2 rings (SSSR count). The van der Waals surface area contributed by atoms with Crippen molar-refractivity contribution >= 4 is 35.2 Å². The van der Waals surface area contributed by atoms with Gasteiger partial charge in [-0.3, -0.25) is 19.8 Å². The van der Waals surface area contributed by atoms with Crippen LogP contribution in [0.5, 0.6) is 17.2 Å². The highest BCUT2D eigenvalue weighted by atomic mass is 32.1. The third-order valence-corrected chi connectivity index (χ3v) is 3.86. The number of nitrogens with zero attached hydrogens (tertiary/aromatic N) is 1. The summed E-state index contributed by atoms with van der Waals surface area (Å²) in [6.07, 6.45) is 1.45. The average Bonchev–Trinajstić information content (AvgIpc) is 2.57. The molecule has 0 unspecified atom stereocenters. The Morgan fingerprint density at radius 3 is 2.33 bits per heavy atom. The number of benzene rings is 1. The Labute approximate surface area is 145 Å². The number of methoxy groups -OCH3 is 3. The van der Waals surface area contributed by atoms with Crippen LogP contribution in [0.15, 0.2) is 17.7 Å². The Bertz CT molecular complexity index is 729. The molecule has 7 nitrogen and oxygen atoms in total. The second kappa shape index (κ2) is 7.31. The number of hydrogen-bond donors (Lipinski definition) is 1. The summed E-state index contributed by atoms with van der Waals surface area (Å²) in [6, 6.07) is 3.35. The fourth-order valence-electron chi connectivity index (χ4n) is 2.37. The van der Waals surface area contributed by atoms with Crippen molar-refractivity contribution in [2.45, 2.75) is 6.92 Å². The molecular formula is C16H18N2O5S. The van der Waals surface area contributed by atoms with Gasteiger partial charge in [-0.05, 0) is 37.4 Å². The molecular weight excluding hydrogens is 332 g/mol. The molecule has 0 atom stereocenters. The van der Waals surface area contributed by atoms with Crippen LogP contribution in [0.1, 0.15) is 12.5 Å². The molecule has 0 saturated carbocycles. The summed E-state index contributed by atoms with van der Waals surface area (Å²) in [6.45, 7) is 2.13. The Kier molecular flexibility index (Phi) is 5.40. The lowest BCUT2D eigenvalue weighted by Crippen LogP contribution is -2.53. The van der Waals surface area contributed by atoms with Crippen molar-refractivity contribution in [1.29, 1.82) is 0 Å². The van der Waals surface area contributed by atoms with Gasteiger partial charge < -0.3 is 14.2 Å². The minimum absolute atomic E-state index is 0.0315. The molecule has 128 valence electrons. The van der Waals surface area contributed by atoms with Crippen molar-refractivity contribution in [1.82, 2.24) is 10.2 Å². The highest BCUT2D eigenvalue weighted by Crippen LogP contribution is 2.40. The molecule has 1 aromatic carbocycles. The van der Waals surface area contributed by atoms with Gasteiger partial charge in [0.05, 0.1) is 21.3 Å². The number of hydrogen-bond acceptors (Lipinski definition) is 6. The van der Waals surface area contributed by atoms with Gasteiger partial charge in [0, 0.05) is 12.1 Å². The molecule has 1 heterocycles. The first kappa shape index (κ1) is 17.7. The smallest absolute Gasteiger partial charge is 0.265 e. The van der Waals surface area contributed by atoms with Gasteiger partial charge >= 0.3 is 0 Å². The summed E-state index contributed by atoms with van der Waals surface area (Å²) in [4.78, 5) is 25.9. The minimum Gasteiger partial charge on any atom is -0.493 e. The maximum atomic E-state index is 12.5. The van der Waals surface area contributed by atoms with E-state index in [1.165, 1.54) is 32.3 Å². The van der Waals surface area contributed by atoms with Gasteiger partial charge in [-0.25, -0.2) is 0 Å². The summed E-state index contributed by atoms with van der Waals surface area (Å²) in [5.41, 5.74) is 0.480. The Hall–Kier alpha value is -2.61. The maximum Gasteiger partial charge on any atom is 0.265 e. The zero-order valence-corrected chi connectivity index (χ0v) is 14.7. The van der Waals surface area contributed by atoms with Crippen LogP contribution in [-0.2, 0) is 9.59 Å². The lowest BCUT2D eigenvalue weighted by Gasteiger charge is -2.27. The Morgan fingerprint density at radius 2 is 1.79 bits per heavy atom. The van der Waals surface area contributed by atoms with Gasteiger partial charge in [0.1, 0.15) is 5.57 Å². The summed E-state index contributed by atoms with van der Waals surface area (Å²) >= 11 is 5.00. The number of carbonyl (C=O) groups is 2. The lowest BCUT2D eigenvalue weighted by molar-refractivity contribution is -0.128. The standard InChI is InChI=1S/C16H18N2O5S/c1-5-18-15(20)10(14(19)17-16(18)24)8-9-6-7-11(21-2)13(23-4)12(9)22-3/h6-8H,5H2,1-4H3,(H,17,19,24). The van der Waals surface area contributed by atoms with E-state index in [-0.39, 0.29) is 10.7 Å². The monoisotopic (exact) mass is 350 g/mol. The van der Waals surface area contributed by atoms with Crippen LogP contribution in [-0.4, -0.2) is 49.7 Å². The molecule has 0 radical (unpaired) electrons. The predicted molar refractivity (Wildman–Crippen MR) is 92.2 cm³/mol. The van der Waals surface area contributed by atoms with Crippen LogP contribution in [0.4, 0.5) is 0 Å². The molecule has 1 aliphatic rings. The van der Waals surface area contributed by atoms with Gasteiger partial charge in [0.25, 0.3) is 11.8 Å². The van der Waals surface area contributed by atoms with Gasteiger partial charge in [0.2, 0.25) is 5.75 Å². The van der Waals surface area contributed by atoms with E-state index in [1.54, 1.807) is 19.1 Å². The van der Waals surface area contributed by atoms with E-state index in [4.69, 9.17) is 26.4 Å². The third kappa shape index (κ3) is 3.05. The fraction of sp³-hybridized carbons (Fsp3) is 0.312. The topological polar surface area (TPSA) is 77.1 Å². The second-order valence-corrected chi connectivity index (χ2v) is 5.18. The zero-order valence-electron chi connectivity index (χ0n) is 13.8. The molecule has 1 fully saturated rings. The maximum absolute atomic E-state index is 12.5. The summed E-state index contributed by atoms with van der Waals surface area (Å²) in [5.74, 6) is 0.212. The molecule has 0 aliphatic carbocycles. The molecule has 1 aliphatic heterocycles. The van der Waals surface area contributed by atoms with Crippen LogP contribution >= 0.6 is 12.2 Å². The van der Waals surface area contributed by atoms with E-state index in [0.29, 0.717) is 29.4 Å². The molecule has 8 heteroatoms. The van der Waals surface area contributed by atoms with E-state index in [9.17, 15) is 9.59 Å². The highest BCUT2D eigenvalue weighted by molar-refractivity contribution is 7.80. The lowest BCUT2D eigenvalue weighted by atomic mass is 10.1. The predicted octanol–water partition coefficient (Wildman–Crippen LogP) is 1.36. The van der Waals surface area contributed by atoms with Crippen LogP contribution in [0, 0.1) is 0 Å². The Balaban J connectivity index is 2.56. The van der Waals surface area contributed by atoms with Crippen LogP contribution in [0.25, 0.3) is 6.08 Å². The van der Waals surface area contributed by atoms with Gasteiger partial charge in [-0.1, -0.05) is 0 Å². The molecule has 0 aromatic heterocycles. The van der Waals surface area contributed by atoms with E-state index in [0.717, 1.165) is 0 Å². The van der Waals surface area contributed by atoms with Gasteiger partial charge in [0.15, 0.2) is 16.6 Å². The highest BCUT2D eigenvalue weighted by Gasteiger charge is 2.32. The van der Waals surface area contributed by atoms with E-state index in [1.807, 2.05) is 0 Å². The van der Waals surface area contributed by atoms with Gasteiger partial charge in [-0.2, -0.15) is 0 Å². The van der Waals surface area contributed by atoms with Crippen molar-refractivity contribution in [3.05, 3.63) is 23.3 Å². The van der Waals surface area contributed by atoms with Crippen LogP contribution in [0.2, 0.25) is 0 Å². The number of carbonyl (C=O) groups excluding carboxylic acids is 2. The molecule has 2 amide bonds. The van der Waals surface area contributed by atoms with Crippen molar-refractivity contribution in [2.75, 3.05) is 27.9 Å². The quantitative estimate of drug-likeness (QED) is 0.491. The molecule has 0 bridgehead atoms. The molecule has 1 aromatic rings. The van der Waals surface area contributed by atoms with E-state index in [2.05, 4.69) is 5.32 Å². The normalized spacial score (nSPS) is 16.2. The average molecular weight is 350 g/mol. The van der Waals surface area contributed by atoms with Crippen molar-refractivity contribution in [2.24, 2.45) is 0 Å². The molecule has 1 saturated heterocycles. The van der Waals surface area contributed by atoms with Crippen molar-refractivity contribution in [3.8, 4) is 17.2 Å². The number of rotatable bonds is 5. The fourth-order valence-corrected chi connectivity index (χ4v) is 2.68. The summed E-state index contributed by atoms with van der Waals surface area (Å²) in [7, 11) is 4.45. The third-order valence-electron chi connectivity index (χ3n) is 3.54. The van der Waals surface area contributed by atoms with Gasteiger partial charge in [-0.15, -0.1) is 0 Å². The molecule has 1 N–H and O–H groups in total. The zero-order chi connectivity index (χ0) is 17.9. The van der Waals surface area contributed by atoms with E-state index < -0.39 is 11.8 Å². The summed E-state index contributed by atoms with van der Waals surface area (Å²) < 4.78 is 15.9. The largest absolute Gasteiger partial charge is 0.493 e. The van der Waals surface area contributed by atoms with E-state index >= 15 is 0 Å². The number of nitrogens with one attached hydrogen (secondary N) is 1.